The van der Waals surface area contributed by atoms with Gasteiger partial charge in [0.2, 0.25) is 5.43 Å². The predicted molar refractivity (Wildman–Crippen MR) is 107 cm³/mol. The van der Waals surface area contributed by atoms with Crippen LogP contribution in [-0.2, 0) is 0 Å². The molecule has 7 nitrogen and oxygen atoms in total. The summed E-state index contributed by atoms with van der Waals surface area (Å²) in [5.41, 5.74) is 1.37. The highest BCUT2D eigenvalue weighted by Gasteiger charge is 2.50. The monoisotopic (exact) mass is 383 g/mol. The van der Waals surface area contributed by atoms with Crippen LogP contribution >= 0.6 is 0 Å². The molecule has 1 saturated heterocycles. The lowest BCUT2D eigenvalue weighted by Gasteiger charge is -2.31. The molecule has 3 aliphatic rings. The third kappa shape index (κ3) is 2.38. The van der Waals surface area contributed by atoms with Gasteiger partial charge in [-0.1, -0.05) is 0 Å². The van der Waals surface area contributed by atoms with Crippen LogP contribution < -0.4 is 20.4 Å². The van der Waals surface area contributed by atoms with Crippen LogP contribution in [0.3, 0.4) is 0 Å². The Balaban J connectivity index is 1.62. The second-order valence-corrected chi connectivity index (χ2v) is 8.39. The van der Waals surface area contributed by atoms with E-state index in [1.54, 1.807) is 6.07 Å². The molecule has 0 spiro atoms. The molecule has 1 aliphatic carbocycles. The number of carboxylic acid groups (broad SMARTS) is 1. The average Bonchev–Trinajstić information content (AvgIpc) is 3.34. The number of rotatable bonds is 4. The van der Waals surface area contributed by atoms with Gasteiger partial charge in [-0.3, -0.25) is 4.79 Å². The summed E-state index contributed by atoms with van der Waals surface area (Å²) in [4.78, 5) is 26.6. The highest BCUT2D eigenvalue weighted by Crippen LogP contribution is 2.48. The Kier molecular flexibility index (Phi) is 3.75. The summed E-state index contributed by atoms with van der Waals surface area (Å²) < 4.78 is 8.00. The van der Waals surface area contributed by atoms with E-state index < -0.39 is 11.4 Å². The first-order valence-electron chi connectivity index (χ1n) is 9.97. The van der Waals surface area contributed by atoms with E-state index in [0.29, 0.717) is 29.2 Å². The minimum atomic E-state index is -1.19. The Morgan fingerprint density at radius 3 is 2.82 bits per heavy atom. The first-order chi connectivity index (χ1) is 13.4. The summed E-state index contributed by atoms with van der Waals surface area (Å²) in [6, 6.07) is 3.65. The van der Waals surface area contributed by atoms with E-state index in [-0.39, 0.29) is 17.1 Å². The fourth-order valence-electron chi connectivity index (χ4n) is 5.01. The number of anilines is 1. The Hall–Kier alpha value is -2.54. The number of carbonyl (C=O) groups is 1. The van der Waals surface area contributed by atoms with Crippen molar-refractivity contribution in [1.82, 2.24) is 9.88 Å². The van der Waals surface area contributed by atoms with Gasteiger partial charge >= 0.3 is 5.97 Å². The van der Waals surface area contributed by atoms with Gasteiger partial charge in [0.25, 0.3) is 0 Å². The fourth-order valence-corrected chi connectivity index (χ4v) is 5.01. The molecule has 1 aromatic carbocycles. The minimum absolute atomic E-state index is 0.0331. The predicted octanol–water partition coefficient (Wildman–Crippen LogP) is 2.23. The third-order valence-electron chi connectivity index (χ3n) is 6.90. The first kappa shape index (κ1) is 17.6. The number of nitrogens with one attached hydrogen (secondary N) is 1. The molecular formula is C21H25N3O4. The van der Waals surface area contributed by atoms with E-state index >= 15 is 0 Å². The van der Waals surface area contributed by atoms with E-state index in [4.69, 9.17) is 4.74 Å². The van der Waals surface area contributed by atoms with E-state index in [1.807, 2.05) is 17.6 Å². The van der Waals surface area contributed by atoms with Crippen molar-refractivity contribution in [3.05, 3.63) is 34.1 Å². The molecule has 5 rings (SSSR count). The van der Waals surface area contributed by atoms with Crippen LogP contribution in [0.1, 0.15) is 42.6 Å². The van der Waals surface area contributed by atoms with Gasteiger partial charge in [0.05, 0.1) is 22.6 Å². The van der Waals surface area contributed by atoms with Crippen LogP contribution in [0.4, 0.5) is 5.69 Å². The molecule has 2 fully saturated rings. The van der Waals surface area contributed by atoms with Gasteiger partial charge in [0.15, 0.2) is 5.75 Å². The van der Waals surface area contributed by atoms with Crippen molar-refractivity contribution < 1.29 is 14.6 Å². The van der Waals surface area contributed by atoms with Crippen molar-refractivity contribution >= 4 is 22.6 Å². The van der Waals surface area contributed by atoms with Crippen molar-refractivity contribution in [3.63, 3.8) is 0 Å². The minimum Gasteiger partial charge on any atom is -0.487 e. The third-order valence-corrected chi connectivity index (χ3v) is 6.90. The van der Waals surface area contributed by atoms with Gasteiger partial charge in [-0.2, -0.15) is 0 Å². The molecule has 2 aromatic rings. The number of ether oxygens (including phenoxy) is 1. The Labute approximate surface area is 162 Å². The average molecular weight is 383 g/mol. The van der Waals surface area contributed by atoms with Gasteiger partial charge in [-0.15, -0.1) is 0 Å². The zero-order valence-electron chi connectivity index (χ0n) is 16.2. The standard InChI is InChI=1S/C21H25N3O4/c1-12-11-28-19-16(23-8-5-13(9-23)21(22-2)6-7-21)4-3-14-17(19)24(12)10-15(18(14)25)20(26)27/h3-4,10,12-13,22H,5-9,11H2,1-2H3,(H,26,27)/t12-,13+/m0/s1. The number of aromatic carboxylic acids is 1. The van der Waals surface area contributed by atoms with Gasteiger partial charge in [-0.05, 0) is 51.3 Å². The molecule has 28 heavy (non-hydrogen) atoms. The molecular weight excluding hydrogens is 358 g/mol. The number of aromatic nitrogens is 1. The number of pyridine rings is 1. The van der Waals surface area contributed by atoms with E-state index in [1.165, 1.54) is 19.0 Å². The van der Waals surface area contributed by atoms with Crippen LogP contribution in [0, 0.1) is 5.92 Å². The molecule has 2 atom stereocenters. The second-order valence-electron chi connectivity index (χ2n) is 8.39. The van der Waals surface area contributed by atoms with Crippen LogP contribution in [-0.4, -0.2) is 47.9 Å². The Morgan fingerprint density at radius 1 is 1.36 bits per heavy atom. The van der Waals surface area contributed by atoms with Crippen molar-refractivity contribution in [1.29, 1.82) is 0 Å². The van der Waals surface area contributed by atoms with Crippen LogP contribution in [0.15, 0.2) is 23.1 Å². The Bertz CT molecular complexity index is 1040. The zero-order chi connectivity index (χ0) is 19.6. The fraction of sp³-hybridized carbons (Fsp3) is 0.524. The molecule has 1 saturated carbocycles. The molecule has 3 heterocycles. The van der Waals surface area contributed by atoms with Crippen molar-refractivity contribution in [2.24, 2.45) is 5.92 Å². The summed E-state index contributed by atoms with van der Waals surface area (Å²) in [6.07, 6.45) is 5.08. The summed E-state index contributed by atoms with van der Waals surface area (Å²) in [7, 11) is 2.05. The molecule has 148 valence electrons. The maximum absolute atomic E-state index is 12.7. The van der Waals surface area contributed by atoms with Crippen LogP contribution in [0.5, 0.6) is 5.75 Å². The van der Waals surface area contributed by atoms with Gasteiger partial charge in [-0.25, -0.2) is 4.79 Å². The van der Waals surface area contributed by atoms with E-state index in [0.717, 1.165) is 25.2 Å². The lowest BCUT2D eigenvalue weighted by atomic mass is 9.96. The zero-order valence-corrected chi connectivity index (χ0v) is 16.2. The smallest absolute Gasteiger partial charge is 0.341 e. The van der Waals surface area contributed by atoms with Crippen molar-refractivity contribution in [2.45, 2.75) is 37.8 Å². The van der Waals surface area contributed by atoms with Gasteiger partial charge < -0.3 is 24.6 Å². The second kappa shape index (κ2) is 5.98. The number of nitrogens with zero attached hydrogens (tertiary/aromatic N) is 2. The molecule has 0 radical (unpaired) electrons. The van der Waals surface area contributed by atoms with Crippen molar-refractivity contribution in [2.75, 3.05) is 31.6 Å². The highest BCUT2D eigenvalue weighted by atomic mass is 16.5. The first-order valence-corrected chi connectivity index (χ1v) is 9.97. The highest BCUT2D eigenvalue weighted by molar-refractivity contribution is 5.97. The largest absolute Gasteiger partial charge is 0.487 e. The lowest BCUT2D eigenvalue weighted by Crippen LogP contribution is -2.37. The summed E-state index contributed by atoms with van der Waals surface area (Å²) in [6.45, 7) is 4.36. The van der Waals surface area contributed by atoms with Gasteiger partial charge in [0.1, 0.15) is 12.2 Å². The van der Waals surface area contributed by atoms with Crippen molar-refractivity contribution in [3.8, 4) is 5.75 Å². The number of carboxylic acids is 1. The number of hydrogen-bond donors (Lipinski definition) is 2. The summed E-state index contributed by atoms with van der Waals surface area (Å²) >= 11 is 0. The molecule has 0 bridgehead atoms. The molecule has 2 aliphatic heterocycles. The molecule has 2 N–H and O–H groups in total. The molecule has 0 amide bonds. The van der Waals surface area contributed by atoms with E-state index in [9.17, 15) is 14.7 Å². The van der Waals surface area contributed by atoms with Crippen LogP contribution in [0.2, 0.25) is 0 Å². The molecule has 7 heteroatoms. The maximum Gasteiger partial charge on any atom is 0.341 e. The molecule has 0 unspecified atom stereocenters. The normalized spacial score (nSPS) is 25.0. The topological polar surface area (TPSA) is 83.8 Å². The quantitative estimate of drug-likeness (QED) is 0.842. The van der Waals surface area contributed by atoms with E-state index in [2.05, 4.69) is 17.3 Å². The summed E-state index contributed by atoms with van der Waals surface area (Å²) in [5, 5.41) is 13.3. The lowest BCUT2D eigenvalue weighted by molar-refractivity contribution is 0.0694. The van der Waals surface area contributed by atoms with Gasteiger partial charge in [0, 0.05) is 24.8 Å². The Morgan fingerprint density at radius 2 is 2.14 bits per heavy atom. The van der Waals surface area contributed by atoms with Crippen LogP contribution in [0.25, 0.3) is 10.9 Å². The SMILES string of the molecule is CNC1([C@@H]2CCN(c3ccc4c(=O)c(C(=O)O)cn5c4c3OC[C@@H]5C)C2)CC1. The molecule has 1 aromatic heterocycles. The number of benzene rings is 1. The maximum atomic E-state index is 12.7. The number of hydrogen-bond acceptors (Lipinski definition) is 5. The summed E-state index contributed by atoms with van der Waals surface area (Å²) in [5.74, 6) is 0.128.